The number of benzene rings is 1. The zero-order valence-corrected chi connectivity index (χ0v) is 15.6. The highest BCUT2D eigenvalue weighted by atomic mass is 35.5. The molecular weight excluding hydrogens is 360 g/mol. The first-order valence-electron chi connectivity index (χ1n) is 8.01. The second-order valence-corrected chi connectivity index (χ2v) is 8.94. The summed E-state index contributed by atoms with van der Waals surface area (Å²) in [5, 5.41) is 4.75. The summed E-state index contributed by atoms with van der Waals surface area (Å²) in [6, 6.07) is 7.09. The molecule has 0 amide bonds. The number of sulfone groups is 1. The summed E-state index contributed by atoms with van der Waals surface area (Å²) in [5.74, 6) is 0.0928. The fourth-order valence-corrected chi connectivity index (χ4v) is 4.97. The molecule has 25 heavy (non-hydrogen) atoms. The molecule has 0 aliphatic carbocycles. The van der Waals surface area contributed by atoms with E-state index in [1.165, 1.54) is 6.08 Å². The molecule has 1 aliphatic heterocycles. The van der Waals surface area contributed by atoms with Gasteiger partial charge in [-0.2, -0.15) is 5.10 Å². The van der Waals surface area contributed by atoms with Gasteiger partial charge >= 0.3 is 0 Å². The van der Waals surface area contributed by atoms with Crippen molar-refractivity contribution in [1.82, 2.24) is 9.78 Å². The van der Waals surface area contributed by atoms with Gasteiger partial charge in [0.15, 0.2) is 15.6 Å². The van der Waals surface area contributed by atoms with Crippen LogP contribution in [0.3, 0.4) is 0 Å². The number of rotatable bonds is 4. The van der Waals surface area contributed by atoms with Gasteiger partial charge in [0.2, 0.25) is 0 Å². The van der Waals surface area contributed by atoms with Crippen molar-refractivity contribution in [2.75, 3.05) is 11.5 Å². The number of ketones is 1. The van der Waals surface area contributed by atoms with Crippen LogP contribution in [0.1, 0.15) is 39.6 Å². The van der Waals surface area contributed by atoms with Gasteiger partial charge in [-0.3, -0.25) is 4.79 Å². The first-order valence-corrected chi connectivity index (χ1v) is 10.2. The summed E-state index contributed by atoms with van der Waals surface area (Å²) in [4.78, 5) is 12.3. The molecule has 1 aliphatic rings. The molecule has 0 N–H and O–H groups in total. The van der Waals surface area contributed by atoms with Gasteiger partial charge in [0, 0.05) is 11.1 Å². The standard InChI is InChI=1S/C18H19ClN2O3S/c1-12-3-5-14(6-4-12)17(22)8-7-16-13(2)20-21(18(16)19)15-9-10-25(23,24)11-15/h3-8,15H,9-11H2,1-2H3/b8-7+/t15-/m1/s1. The van der Waals surface area contributed by atoms with Crippen molar-refractivity contribution in [1.29, 1.82) is 0 Å². The Kier molecular flexibility index (Phi) is 4.84. The molecule has 1 aromatic carbocycles. The quantitative estimate of drug-likeness (QED) is 0.604. The van der Waals surface area contributed by atoms with Crippen molar-refractivity contribution >= 4 is 33.3 Å². The fourth-order valence-electron chi connectivity index (χ4n) is 2.90. The summed E-state index contributed by atoms with van der Waals surface area (Å²) in [6.07, 6.45) is 3.62. The highest BCUT2D eigenvalue weighted by Gasteiger charge is 2.31. The minimum atomic E-state index is -3.02. The monoisotopic (exact) mass is 378 g/mol. The van der Waals surface area contributed by atoms with Crippen molar-refractivity contribution in [3.63, 3.8) is 0 Å². The Bertz CT molecular complexity index is 943. The topological polar surface area (TPSA) is 69.0 Å². The largest absolute Gasteiger partial charge is 0.289 e. The highest BCUT2D eigenvalue weighted by Crippen LogP contribution is 2.30. The van der Waals surface area contributed by atoms with Gasteiger partial charge < -0.3 is 0 Å². The van der Waals surface area contributed by atoms with Crippen LogP contribution in [0.2, 0.25) is 5.15 Å². The van der Waals surface area contributed by atoms with E-state index in [1.807, 2.05) is 19.1 Å². The molecule has 0 saturated carbocycles. The van der Waals surface area contributed by atoms with Crippen molar-refractivity contribution in [2.24, 2.45) is 0 Å². The summed E-state index contributed by atoms with van der Waals surface area (Å²) in [6.45, 7) is 3.76. The van der Waals surface area contributed by atoms with Crippen molar-refractivity contribution in [2.45, 2.75) is 26.3 Å². The Morgan fingerprint density at radius 1 is 1.28 bits per heavy atom. The summed E-state index contributed by atoms with van der Waals surface area (Å²) < 4.78 is 24.9. The highest BCUT2D eigenvalue weighted by molar-refractivity contribution is 7.91. The number of carbonyl (C=O) groups excluding carboxylic acids is 1. The molecule has 1 aromatic heterocycles. The normalized spacial score (nSPS) is 19.6. The van der Waals surface area contributed by atoms with Crippen molar-refractivity contribution in [3.8, 4) is 0 Å². The minimum Gasteiger partial charge on any atom is -0.289 e. The van der Waals surface area contributed by atoms with Crippen LogP contribution >= 0.6 is 11.6 Å². The summed E-state index contributed by atoms with van der Waals surface area (Å²) in [5.41, 5.74) is 3.01. The van der Waals surface area contributed by atoms with Crippen LogP contribution < -0.4 is 0 Å². The van der Waals surface area contributed by atoms with Gasteiger partial charge in [0.1, 0.15) is 5.15 Å². The third kappa shape index (κ3) is 3.85. The van der Waals surface area contributed by atoms with Gasteiger partial charge in [-0.15, -0.1) is 0 Å². The average molecular weight is 379 g/mol. The molecule has 0 unspecified atom stereocenters. The number of hydrogen-bond acceptors (Lipinski definition) is 4. The Hall–Kier alpha value is -1.92. The van der Waals surface area contributed by atoms with Gasteiger partial charge in [-0.05, 0) is 32.4 Å². The number of hydrogen-bond donors (Lipinski definition) is 0. The molecule has 2 heterocycles. The van der Waals surface area contributed by atoms with E-state index in [0.29, 0.717) is 28.4 Å². The van der Waals surface area contributed by atoms with Gasteiger partial charge in [0.25, 0.3) is 0 Å². The molecule has 3 rings (SSSR count). The number of aromatic nitrogens is 2. The number of halogens is 1. The van der Waals surface area contributed by atoms with E-state index < -0.39 is 9.84 Å². The van der Waals surface area contributed by atoms with E-state index in [0.717, 1.165) is 5.56 Å². The first kappa shape index (κ1) is 17.9. The second-order valence-electron chi connectivity index (χ2n) is 6.35. The molecule has 7 heteroatoms. The van der Waals surface area contributed by atoms with E-state index >= 15 is 0 Å². The third-order valence-electron chi connectivity index (χ3n) is 4.36. The molecule has 0 spiro atoms. The molecule has 0 radical (unpaired) electrons. The molecular formula is C18H19ClN2O3S. The number of nitrogens with zero attached hydrogens (tertiary/aromatic N) is 2. The average Bonchev–Trinajstić information content (AvgIpc) is 3.05. The van der Waals surface area contributed by atoms with Crippen LogP contribution in [0.25, 0.3) is 6.08 Å². The smallest absolute Gasteiger partial charge is 0.185 e. The lowest BCUT2D eigenvalue weighted by atomic mass is 10.1. The number of aryl methyl sites for hydroxylation is 2. The van der Waals surface area contributed by atoms with Gasteiger partial charge in [-0.1, -0.05) is 41.4 Å². The zero-order valence-electron chi connectivity index (χ0n) is 14.1. The van der Waals surface area contributed by atoms with E-state index in [1.54, 1.807) is 29.8 Å². The maximum Gasteiger partial charge on any atom is 0.185 e. The van der Waals surface area contributed by atoms with Crippen molar-refractivity contribution < 1.29 is 13.2 Å². The molecule has 0 bridgehead atoms. The first-order chi connectivity index (χ1) is 11.8. The van der Waals surface area contributed by atoms with Crippen molar-refractivity contribution in [3.05, 3.63) is 57.9 Å². The maximum absolute atomic E-state index is 12.3. The minimum absolute atomic E-state index is 0.0549. The van der Waals surface area contributed by atoms with Crippen LogP contribution in [0.4, 0.5) is 0 Å². The van der Waals surface area contributed by atoms with E-state index in [9.17, 15) is 13.2 Å². The predicted octanol–water partition coefficient (Wildman–Crippen LogP) is 3.41. The van der Waals surface area contributed by atoms with Crippen LogP contribution in [0.15, 0.2) is 30.3 Å². The van der Waals surface area contributed by atoms with Gasteiger partial charge in [-0.25, -0.2) is 13.1 Å². The van der Waals surface area contributed by atoms with E-state index in [4.69, 9.17) is 11.6 Å². The Labute approximate surface area is 152 Å². The summed E-state index contributed by atoms with van der Waals surface area (Å²) in [7, 11) is -3.02. The molecule has 1 saturated heterocycles. The molecule has 5 nitrogen and oxygen atoms in total. The fraction of sp³-hybridized carbons (Fsp3) is 0.333. The van der Waals surface area contributed by atoms with E-state index in [-0.39, 0.29) is 23.3 Å². The molecule has 2 aromatic rings. The van der Waals surface area contributed by atoms with Crippen LogP contribution in [0, 0.1) is 13.8 Å². The SMILES string of the molecule is Cc1ccc(C(=O)/C=C/c2c(C)nn([C@@H]3CCS(=O)(=O)C3)c2Cl)cc1. The van der Waals surface area contributed by atoms with E-state index in [2.05, 4.69) is 5.10 Å². The zero-order chi connectivity index (χ0) is 18.2. The van der Waals surface area contributed by atoms with Gasteiger partial charge in [0.05, 0.1) is 23.2 Å². The number of allylic oxidation sites excluding steroid dienone is 1. The Morgan fingerprint density at radius 3 is 2.56 bits per heavy atom. The Balaban J connectivity index is 1.83. The number of carbonyl (C=O) groups is 1. The van der Waals surface area contributed by atoms with Crippen LogP contribution in [0.5, 0.6) is 0 Å². The third-order valence-corrected chi connectivity index (χ3v) is 6.49. The molecule has 132 valence electrons. The van der Waals surface area contributed by atoms with Crippen LogP contribution in [-0.4, -0.2) is 35.5 Å². The summed E-state index contributed by atoms with van der Waals surface area (Å²) >= 11 is 6.40. The maximum atomic E-state index is 12.3. The predicted molar refractivity (Wildman–Crippen MR) is 98.8 cm³/mol. The lowest BCUT2D eigenvalue weighted by Crippen LogP contribution is -2.12. The molecule has 1 atom stereocenters. The van der Waals surface area contributed by atoms with Crippen LogP contribution in [-0.2, 0) is 9.84 Å². The Morgan fingerprint density at radius 2 is 1.96 bits per heavy atom. The lowest BCUT2D eigenvalue weighted by Gasteiger charge is -2.09. The second kappa shape index (κ2) is 6.77. The molecule has 1 fully saturated rings. The lowest BCUT2D eigenvalue weighted by molar-refractivity contribution is 0.104.